The van der Waals surface area contributed by atoms with Crippen molar-refractivity contribution in [3.05, 3.63) is 106 Å². The molecule has 1 aromatic heterocycles. The van der Waals surface area contributed by atoms with Crippen LogP contribution in [0.4, 0.5) is 17.1 Å². The predicted octanol–water partition coefficient (Wildman–Crippen LogP) is 4.74. The number of piperidine rings is 1. The fourth-order valence-corrected chi connectivity index (χ4v) is 6.31. The van der Waals surface area contributed by atoms with Gasteiger partial charge in [0.1, 0.15) is 0 Å². The van der Waals surface area contributed by atoms with Gasteiger partial charge in [-0.05, 0) is 48.7 Å². The number of anilines is 3. The maximum absolute atomic E-state index is 13.5. The molecule has 6 rings (SSSR count). The summed E-state index contributed by atoms with van der Waals surface area (Å²) >= 11 is 0. The maximum atomic E-state index is 13.5. The topological polar surface area (TPSA) is 111 Å². The van der Waals surface area contributed by atoms with Gasteiger partial charge in [-0.1, -0.05) is 30.2 Å². The number of hydrogen-bond acceptors (Lipinski definition) is 7. The number of hydrogen-bond donors (Lipinski definition) is 2. The standard InChI is InChI=1S/C36H34N4O6/c1-44-31-18-27(19-32(45-2)35(31)46-3)37-36(43)25-13-14-30(28(17-25)38-33(41)15-12-23-8-5-4-6-9-23)39-20-24-16-26(22-39)29-10-7-11-34(42)40(29)21-24/h4-11,13-14,17-19,24,26H,16,20-22H2,1-3H3,(H,37,43)(H,38,41)/t24-,26+/m1/s1. The zero-order valence-electron chi connectivity index (χ0n) is 25.8. The van der Waals surface area contributed by atoms with E-state index in [2.05, 4.69) is 27.4 Å². The molecule has 3 heterocycles. The van der Waals surface area contributed by atoms with Crippen molar-refractivity contribution in [3.63, 3.8) is 0 Å². The molecule has 0 unspecified atom stereocenters. The van der Waals surface area contributed by atoms with Crippen LogP contribution in [-0.2, 0) is 11.3 Å². The predicted molar refractivity (Wildman–Crippen MR) is 176 cm³/mol. The van der Waals surface area contributed by atoms with Crippen LogP contribution in [0, 0.1) is 17.8 Å². The van der Waals surface area contributed by atoms with E-state index in [1.165, 1.54) is 21.3 Å². The van der Waals surface area contributed by atoms with Gasteiger partial charge in [0.2, 0.25) is 5.75 Å². The van der Waals surface area contributed by atoms with Crippen LogP contribution in [0.1, 0.15) is 34.0 Å². The Bertz CT molecular complexity index is 1880. The molecule has 10 heteroatoms. The van der Waals surface area contributed by atoms with E-state index < -0.39 is 11.8 Å². The van der Waals surface area contributed by atoms with E-state index in [1.807, 2.05) is 53.1 Å². The molecular weight excluding hydrogens is 584 g/mol. The van der Waals surface area contributed by atoms with Gasteiger partial charge < -0.3 is 34.3 Å². The second-order valence-electron chi connectivity index (χ2n) is 11.3. The van der Waals surface area contributed by atoms with Crippen LogP contribution >= 0.6 is 0 Å². The Labute approximate surface area is 266 Å². The number of methoxy groups -OCH3 is 3. The Morgan fingerprint density at radius 3 is 2.30 bits per heavy atom. The molecule has 1 saturated heterocycles. The molecule has 4 aromatic rings. The quantitative estimate of drug-likeness (QED) is 0.288. The van der Waals surface area contributed by atoms with Gasteiger partial charge in [0.15, 0.2) is 11.5 Å². The molecule has 1 fully saturated rings. The summed E-state index contributed by atoms with van der Waals surface area (Å²) in [7, 11) is 4.51. The number of pyridine rings is 1. The average molecular weight is 619 g/mol. The van der Waals surface area contributed by atoms with Crippen molar-refractivity contribution in [3.8, 4) is 29.1 Å². The Hall–Kier alpha value is -5.69. The number of ether oxygens (including phenoxy) is 3. The summed E-state index contributed by atoms with van der Waals surface area (Å²) in [5.41, 5.74) is 3.78. The van der Waals surface area contributed by atoms with Gasteiger partial charge in [-0.2, -0.15) is 0 Å². The first kappa shape index (κ1) is 30.3. The van der Waals surface area contributed by atoms with Crippen LogP contribution in [-0.4, -0.2) is 50.8 Å². The van der Waals surface area contributed by atoms with Crippen molar-refractivity contribution < 1.29 is 23.8 Å². The monoisotopic (exact) mass is 618 g/mol. The zero-order chi connectivity index (χ0) is 32.2. The number of fused-ring (bicyclic) bond motifs is 4. The molecule has 2 aliphatic rings. The molecule has 2 bridgehead atoms. The highest BCUT2D eigenvalue weighted by Crippen LogP contribution is 2.41. The first-order valence-electron chi connectivity index (χ1n) is 14.9. The third kappa shape index (κ3) is 6.26. The number of carbonyl (C=O) groups excluding carboxylic acids is 2. The van der Waals surface area contributed by atoms with E-state index in [0.717, 1.165) is 17.8 Å². The normalized spacial score (nSPS) is 16.3. The van der Waals surface area contributed by atoms with E-state index in [4.69, 9.17) is 14.2 Å². The second kappa shape index (κ2) is 13.1. The lowest BCUT2D eigenvalue weighted by molar-refractivity contribution is -0.111. The Kier molecular flexibility index (Phi) is 8.65. The van der Waals surface area contributed by atoms with Gasteiger partial charge in [0, 0.05) is 72.2 Å². The molecule has 2 aliphatic heterocycles. The van der Waals surface area contributed by atoms with Crippen molar-refractivity contribution in [2.45, 2.75) is 18.9 Å². The Morgan fingerprint density at radius 2 is 1.59 bits per heavy atom. The summed E-state index contributed by atoms with van der Waals surface area (Å²) < 4.78 is 18.1. The van der Waals surface area contributed by atoms with E-state index >= 15 is 0 Å². The molecular formula is C36H34N4O6. The molecule has 2 N–H and O–H groups in total. The molecule has 10 nitrogen and oxygen atoms in total. The number of benzene rings is 3. The van der Waals surface area contributed by atoms with E-state index in [0.29, 0.717) is 59.4 Å². The summed E-state index contributed by atoms with van der Waals surface area (Å²) in [6.07, 6.45) is 0.986. The summed E-state index contributed by atoms with van der Waals surface area (Å²) in [6, 6.07) is 23.2. The Morgan fingerprint density at radius 1 is 0.826 bits per heavy atom. The molecule has 2 amide bonds. The Balaban J connectivity index is 1.31. The van der Waals surface area contributed by atoms with E-state index in [1.54, 1.807) is 30.3 Å². The van der Waals surface area contributed by atoms with Gasteiger partial charge in [0.25, 0.3) is 11.5 Å². The van der Waals surface area contributed by atoms with Gasteiger partial charge >= 0.3 is 5.91 Å². The van der Waals surface area contributed by atoms with Crippen LogP contribution in [0.3, 0.4) is 0 Å². The lowest BCUT2D eigenvalue weighted by atomic mass is 9.83. The number of nitrogens with one attached hydrogen (secondary N) is 2. The van der Waals surface area contributed by atoms with Crippen molar-refractivity contribution in [2.24, 2.45) is 5.92 Å². The molecule has 0 saturated carbocycles. The third-order valence-corrected chi connectivity index (χ3v) is 8.34. The molecule has 0 spiro atoms. The molecule has 2 atom stereocenters. The zero-order valence-corrected chi connectivity index (χ0v) is 25.8. The number of carbonyl (C=O) groups is 2. The minimum Gasteiger partial charge on any atom is -0.493 e. The molecule has 3 aromatic carbocycles. The molecule has 234 valence electrons. The summed E-state index contributed by atoms with van der Waals surface area (Å²) in [6.45, 7) is 2.00. The smallest absolute Gasteiger partial charge is 0.300 e. The van der Waals surface area contributed by atoms with E-state index in [-0.39, 0.29) is 17.4 Å². The van der Waals surface area contributed by atoms with Crippen molar-refractivity contribution >= 4 is 28.9 Å². The fourth-order valence-electron chi connectivity index (χ4n) is 6.31. The van der Waals surface area contributed by atoms with Gasteiger partial charge in [0.05, 0.1) is 32.7 Å². The summed E-state index contributed by atoms with van der Waals surface area (Å²) in [4.78, 5) is 41.4. The van der Waals surface area contributed by atoms with Gasteiger partial charge in [-0.3, -0.25) is 14.4 Å². The number of amides is 2. The summed E-state index contributed by atoms with van der Waals surface area (Å²) in [5.74, 6) is 6.29. The minimum absolute atomic E-state index is 0.0214. The molecule has 46 heavy (non-hydrogen) atoms. The highest BCUT2D eigenvalue weighted by atomic mass is 16.5. The average Bonchev–Trinajstić information content (AvgIpc) is 3.07. The van der Waals surface area contributed by atoms with E-state index in [9.17, 15) is 14.4 Å². The highest BCUT2D eigenvalue weighted by molar-refractivity contribution is 6.09. The van der Waals surface area contributed by atoms with Crippen molar-refractivity contribution in [1.29, 1.82) is 0 Å². The van der Waals surface area contributed by atoms with Crippen LogP contribution in [0.15, 0.2) is 83.7 Å². The number of aromatic nitrogens is 1. The van der Waals surface area contributed by atoms with Gasteiger partial charge in [-0.15, -0.1) is 0 Å². The van der Waals surface area contributed by atoms with Crippen LogP contribution in [0.5, 0.6) is 17.2 Å². The van der Waals surface area contributed by atoms with Gasteiger partial charge in [-0.25, -0.2) is 0 Å². The van der Waals surface area contributed by atoms with Crippen LogP contribution < -0.4 is 35.3 Å². The molecule has 0 aliphatic carbocycles. The lowest BCUT2D eigenvalue weighted by Gasteiger charge is -2.44. The third-order valence-electron chi connectivity index (χ3n) is 8.34. The van der Waals surface area contributed by atoms with Crippen molar-refractivity contribution in [1.82, 2.24) is 4.57 Å². The number of nitrogens with zero attached hydrogens (tertiary/aromatic N) is 2. The van der Waals surface area contributed by atoms with Crippen molar-refractivity contribution in [2.75, 3.05) is 50.0 Å². The SMILES string of the molecule is COc1cc(NC(=O)c2ccc(N3C[C@H]4C[C@@H](C3)c3cccc(=O)n3C4)c(NC(=O)C#Cc3ccccc3)c2)cc(OC)c1OC. The summed E-state index contributed by atoms with van der Waals surface area (Å²) in [5, 5.41) is 5.83. The fraction of sp³-hybridized carbons (Fsp3) is 0.250. The largest absolute Gasteiger partial charge is 0.493 e. The first-order valence-corrected chi connectivity index (χ1v) is 14.9. The highest BCUT2D eigenvalue weighted by Gasteiger charge is 2.35. The first-order chi connectivity index (χ1) is 22.4. The molecule has 0 radical (unpaired) electrons. The lowest BCUT2D eigenvalue weighted by Crippen LogP contribution is -2.47. The minimum atomic E-state index is -0.499. The van der Waals surface area contributed by atoms with Crippen LogP contribution in [0.2, 0.25) is 0 Å². The maximum Gasteiger partial charge on any atom is 0.300 e. The second-order valence-corrected chi connectivity index (χ2v) is 11.3. The number of rotatable bonds is 7. The van der Waals surface area contributed by atoms with Crippen LogP contribution in [0.25, 0.3) is 0 Å².